The molecular weight excluding hydrogens is 366 g/mol. The van der Waals surface area contributed by atoms with E-state index in [1.54, 1.807) is 0 Å². The van der Waals surface area contributed by atoms with Crippen molar-refractivity contribution in [2.75, 3.05) is 17.5 Å². The van der Waals surface area contributed by atoms with Crippen LogP contribution in [0.3, 0.4) is 0 Å². The molecule has 0 fully saturated rings. The molecule has 1 heterocycles. The Kier molecular flexibility index (Phi) is 7.98. The van der Waals surface area contributed by atoms with Gasteiger partial charge in [-0.3, -0.25) is 4.98 Å². The van der Waals surface area contributed by atoms with Gasteiger partial charge in [0.25, 0.3) is 0 Å². The first kappa shape index (κ1) is 24.8. The second kappa shape index (κ2) is 8.67. The minimum atomic E-state index is -0.192. The standard InChI is InChI=1S/C23H44N2P2/c1-20(2,3)26(21(4,5)6)17-25(19-13-15-24-16-14-19)18-27(22(7,8)9)23(10,11)12/h13-16H,17-18H2,1-12H3. The van der Waals surface area contributed by atoms with Gasteiger partial charge < -0.3 is 4.90 Å². The highest BCUT2D eigenvalue weighted by molar-refractivity contribution is 7.62. The van der Waals surface area contributed by atoms with E-state index in [9.17, 15) is 0 Å². The molecule has 0 spiro atoms. The molecule has 4 heteroatoms. The fourth-order valence-electron chi connectivity index (χ4n) is 3.97. The highest BCUT2D eigenvalue weighted by Crippen LogP contribution is 2.63. The molecule has 0 bridgehead atoms. The van der Waals surface area contributed by atoms with E-state index in [4.69, 9.17) is 0 Å². The Morgan fingerprint density at radius 1 is 0.630 bits per heavy atom. The third kappa shape index (κ3) is 7.62. The largest absolute Gasteiger partial charge is 0.363 e. The molecule has 0 saturated carbocycles. The molecular formula is C23H44N2P2. The zero-order valence-corrected chi connectivity index (χ0v) is 21.8. The SMILES string of the molecule is CC(C)(C)P(CN(CP(C(C)(C)C)C(C)(C)C)c1ccncc1)C(C)(C)C. The first-order valence-corrected chi connectivity index (χ1v) is 13.2. The second-order valence-electron chi connectivity index (χ2n) is 11.6. The third-order valence-electron chi connectivity index (χ3n) is 4.89. The summed E-state index contributed by atoms with van der Waals surface area (Å²) in [4.78, 5) is 6.95. The van der Waals surface area contributed by atoms with Crippen molar-refractivity contribution in [3.8, 4) is 0 Å². The van der Waals surface area contributed by atoms with Gasteiger partial charge in [-0.05, 0) is 32.8 Å². The van der Waals surface area contributed by atoms with Gasteiger partial charge in [0.2, 0.25) is 0 Å². The lowest BCUT2D eigenvalue weighted by atomic mass is 10.2. The quantitative estimate of drug-likeness (QED) is 0.458. The Balaban J connectivity index is 3.33. The van der Waals surface area contributed by atoms with E-state index in [1.807, 2.05) is 12.4 Å². The monoisotopic (exact) mass is 410 g/mol. The van der Waals surface area contributed by atoms with Crippen LogP contribution in [0.25, 0.3) is 0 Å². The molecule has 1 aromatic heterocycles. The fraction of sp³-hybridized carbons (Fsp3) is 0.783. The van der Waals surface area contributed by atoms with Crippen LogP contribution in [-0.4, -0.2) is 38.2 Å². The van der Waals surface area contributed by atoms with Crippen LogP contribution < -0.4 is 4.90 Å². The van der Waals surface area contributed by atoms with Gasteiger partial charge >= 0.3 is 0 Å². The summed E-state index contributed by atoms with van der Waals surface area (Å²) in [6.45, 7) is 29.1. The molecule has 0 aromatic carbocycles. The number of hydrogen-bond donors (Lipinski definition) is 0. The molecule has 1 rings (SSSR count). The predicted molar refractivity (Wildman–Crippen MR) is 129 cm³/mol. The van der Waals surface area contributed by atoms with Crippen molar-refractivity contribution in [2.24, 2.45) is 0 Å². The Morgan fingerprint density at radius 2 is 0.926 bits per heavy atom. The number of rotatable bonds is 5. The molecule has 0 unspecified atom stereocenters. The van der Waals surface area contributed by atoms with Crippen LogP contribution in [-0.2, 0) is 0 Å². The van der Waals surface area contributed by atoms with Gasteiger partial charge in [-0.25, -0.2) is 0 Å². The third-order valence-corrected chi connectivity index (χ3v) is 12.6. The van der Waals surface area contributed by atoms with Gasteiger partial charge in [-0.2, -0.15) is 0 Å². The minimum Gasteiger partial charge on any atom is -0.363 e. The summed E-state index contributed by atoms with van der Waals surface area (Å²) in [6, 6.07) is 4.38. The smallest absolute Gasteiger partial charge is 0.0403 e. The predicted octanol–water partition coefficient (Wildman–Crippen LogP) is 7.96. The van der Waals surface area contributed by atoms with E-state index in [-0.39, 0.29) is 15.8 Å². The Labute approximate surface area is 172 Å². The summed E-state index contributed by atoms with van der Waals surface area (Å²) in [6.07, 6.45) is 6.18. The van der Waals surface area contributed by atoms with Gasteiger partial charge in [0.05, 0.1) is 0 Å². The first-order chi connectivity index (χ1) is 11.9. The van der Waals surface area contributed by atoms with Crippen LogP contribution in [0.2, 0.25) is 0 Å². The van der Waals surface area contributed by atoms with Crippen LogP contribution in [0, 0.1) is 0 Å². The van der Waals surface area contributed by atoms with Crippen molar-refractivity contribution in [2.45, 2.75) is 104 Å². The van der Waals surface area contributed by atoms with Crippen LogP contribution >= 0.6 is 15.8 Å². The second-order valence-corrected chi connectivity index (χ2v) is 19.2. The van der Waals surface area contributed by atoms with Crippen LogP contribution in [0.4, 0.5) is 5.69 Å². The van der Waals surface area contributed by atoms with Crippen molar-refractivity contribution in [3.05, 3.63) is 24.5 Å². The zero-order valence-electron chi connectivity index (χ0n) is 20.0. The molecule has 0 saturated heterocycles. The van der Waals surface area contributed by atoms with E-state index in [1.165, 1.54) is 5.69 Å². The van der Waals surface area contributed by atoms with Crippen molar-refractivity contribution in [3.63, 3.8) is 0 Å². The van der Waals surface area contributed by atoms with Crippen molar-refractivity contribution < 1.29 is 0 Å². The molecule has 0 aliphatic carbocycles. The molecule has 0 amide bonds. The Hall–Kier alpha value is -0.190. The number of anilines is 1. The van der Waals surface area contributed by atoms with E-state index in [2.05, 4.69) is 105 Å². The molecule has 156 valence electrons. The molecule has 27 heavy (non-hydrogen) atoms. The summed E-state index contributed by atoms with van der Waals surface area (Å²) in [5, 5.41) is 1.30. The number of nitrogens with zero attached hydrogens (tertiary/aromatic N) is 2. The summed E-state index contributed by atoms with van der Waals surface area (Å²) in [5.41, 5.74) is 1.33. The van der Waals surface area contributed by atoms with Crippen molar-refractivity contribution in [1.29, 1.82) is 0 Å². The lowest BCUT2D eigenvalue weighted by molar-refractivity contribution is 0.691. The minimum absolute atomic E-state index is 0.192. The maximum absolute atomic E-state index is 4.27. The summed E-state index contributed by atoms with van der Waals surface area (Å²) >= 11 is 0. The lowest BCUT2D eigenvalue weighted by Gasteiger charge is -2.48. The topological polar surface area (TPSA) is 16.1 Å². The fourth-order valence-corrected chi connectivity index (χ4v) is 11.1. The molecule has 0 aliphatic heterocycles. The summed E-state index contributed by atoms with van der Waals surface area (Å²) in [5.74, 6) is 0. The zero-order chi connectivity index (χ0) is 21.3. The summed E-state index contributed by atoms with van der Waals surface area (Å²) in [7, 11) is -0.384. The average molecular weight is 411 g/mol. The van der Waals surface area contributed by atoms with Crippen LogP contribution in [0.15, 0.2) is 24.5 Å². The van der Waals surface area contributed by atoms with Gasteiger partial charge in [0.15, 0.2) is 0 Å². The highest BCUT2D eigenvalue weighted by atomic mass is 31.1. The normalized spacial score (nSPS) is 14.1. The van der Waals surface area contributed by atoms with E-state index in [0.29, 0.717) is 20.6 Å². The van der Waals surface area contributed by atoms with Gasteiger partial charge in [0.1, 0.15) is 0 Å². The highest BCUT2D eigenvalue weighted by Gasteiger charge is 2.39. The molecule has 0 atom stereocenters. The van der Waals surface area contributed by atoms with Crippen molar-refractivity contribution in [1.82, 2.24) is 4.98 Å². The molecule has 0 aliphatic rings. The number of hydrogen-bond acceptors (Lipinski definition) is 2. The number of pyridine rings is 1. The van der Waals surface area contributed by atoms with Gasteiger partial charge in [-0.15, -0.1) is 0 Å². The first-order valence-electron chi connectivity index (χ1n) is 10.1. The van der Waals surface area contributed by atoms with Crippen LogP contribution in [0.5, 0.6) is 0 Å². The van der Waals surface area contributed by atoms with Crippen LogP contribution in [0.1, 0.15) is 83.1 Å². The number of aromatic nitrogens is 1. The Morgan fingerprint density at radius 3 is 1.19 bits per heavy atom. The summed E-state index contributed by atoms with van der Waals surface area (Å²) < 4.78 is 0. The molecule has 0 N–H and O–H groups in total. The maximum atomic E-state index is 4.27. The molecule has 0 radical (unpaired) electrons. The van der Waals surface area contributed by atoms with Gasteiger partial charge in [-0.1, -0.05) is 98.9 Å². The van der Waals surface area contributed by atoms with Crippen molar-refractivity contribution >= 4 is 21.5 Å². The lowest BCUT2D eigenvalue weighted by Crippen LogP contribution is -2.38. The molecule has 1 aromatic rings. The van der Waals surface area contributed by atoms with E-state index >= 15 is 0 Å². The van der Waals surface area contributed by atoms with E-state index in [0.717, 1.165) is 12.6 Å². The van der Waals surface area contributed by atoms with Gasteiger partial charge in [0, 0.05) is 30.7 Å². The Bertz CT molecular complexity index is 510. The maximum Gasteiger partial charge on any atom is 0.0403 e. The average Bonchev–Trinajstić information content (AvgIpc) is 2.42. The molecule has 2 nitrogen and oxygen atoms in total. The van der Waals surface area contributed by atoms with E-state index < -0.39 is 0 Å².